The van der Waals surface area contributed by atoms with Gasteiger partial charge in [0.2, 0.25) is 0 Å². The Morgan fingerprint density at radius 1 is 1.38 bits per heavy atom. The highest BCUT2D eigenvalue weighted by molar-refractivity contribution is 7.99. The molecule has 0 aromatic heterocycles. The number of ether oxygens (including phenoxy) is 1. The van der Waals surface area contributed by atoms with Gasteiger partial charge in [0.25, 0.3) is 0 Å². The largest absolute Gasteiger partial charge is 0.486 e. The van der Waals surface area contributed by atoms with E-state index in [1.807, 2.05) is 23.9 Å². The highest BCUT2D eigenvalue weighted by Crippen LogP contribution is 2.43. The van der Waals surface area contributed by atoms with E-state index < -0.39 is 0 Å². The van der Waals surface area contributed by atoms with Gasteiger partial charge in [0.1, 0.15) is 11.4 Å². The van der Waals surface area contributed by atoms with E-state index >= 15 is 0 Å². The lowest BCUT2D eigenvalue weighted by Crippen LogP contribution is -2.46. The molecule has 1 saturated heterocycles. The molecular weight excluding hydrogens is 218 g/mol. The lowest BCUT2D eigenvalue weighted by atomic mass is 9.85. The second kappa shape index (κ2) is 3.97. The molecule has 1 fully saturated rings. The number of nitrogens with two attached hydrogens (primary N) is 1. The normalized spacial score (nSPS) is 33.2. The summed E-state index contributed by atoms with van der Waals surface area (Å²) in [4.78, 5) is 0. The summed E-state index contributed by atoms with van der Waals surface area (Å²) >= 11 is 2.00. The smallest absolute Gasteiger partial charge is 0.124 e. The molecular formula is C13H17NOS. The van der Waals surface area contributed by atoms with Crippen LogP contribution < -0.4 is 10.5 Å². The third-order valence-electron chi connectivity index (χ3n) is 3.52. The Labute approximate surface area is 101 Å². The Morgan fingerprint density at radius 2 is 2.25 bits per heavy atom. The number of benzene rings is 1. The predicted molar refractivity (Wildman–Crippen MR) is 67.9 cm³/mol. The molecule has 2 heterocycles. The van der Waals surface area contributed by atoms with Crippen molar-refractivity contribution in [1.29, 1.82) is 0 Å². The van der Waals surface area contributed by atoms with Gasteiger partial charge in [-0.2, -0.15) is 11.8 Å². The van der Waals surface area contributed by atoms with Gasteiger partial charge >= 0.3 is 0 Å². The summed E-state index contributed by atoms with van der Waals surface area (Å²) in [5, 5.41) is 0. The minimum atomic E-state index is 0.0106. The maximum Gasteiger partial charge on any atom is 0.124 e. The minimum Gasteiger partial charge on any atom is -0.486 e. The summed E-state index contributed by atoms with van der Waals surface area (Å²) in [7, 11) is 0. The third kappa shape index (κ3) is 1.72. The molecule has 0 aliphatic carbocycles. The van der Waals surface area contributed by atoms with Crippen molar-refractivity contribution in [2.24, 2.45) is 5.73 Å². The van der Waals surface area contributed by atoms with E-state index in [0.29, 0.717) is 0 Å². The SMILES string of the molecule is N[C@H]1CC2(CCCSC2)Oc2ccccc21. The molecule has 3 heteroatoms. The molecule has 1 unspecified atom stereocenters. The van der Waals surface area contributed by atoms with Crippen LogP contribution in [0.4, 0.5) is 0 Å². The van der Waals surface area contributed by atoms with Gasteiger partial charge in [-0.1, -0.05) is 18.2 Å². The summed E-state index contributed by atoms with van der Waals surface area (Å²) < 4.78 is 6.23. The van der Waals surface area contributed by atoms with Crippen LogP contribution in [0, 0.1) is 0 Å². The monoisotopic (exact) mass is 235 g/mol. The van der Waals surface area contributed by atoms with Gasteiger partial charge in [-0.15, -0.1) is 0 Å². The molecule has 1 aromatic rings. The van der Waals surface area contributed by atoms with Crippen molar-refractivity contribution in [3.05, 3.63) is 29.8 Å². The van der Waals surface area contributed by atoms with Crippen LogP contribution >= 0.6 is 11.8 Å². The first kappa shape index (κ1) is 10.5. The maximum atomic E-state index is 6.26. The Bertz CT molecular complexity index is 387. The molecule has 0 amide bonds. The average Bonchev–Trinajstić information content (AvgIpc) is 2.30. The molecule has 0 radical (unpaired) electrons. The molecule has 86 valence electrons. The van der Waals surface area contributed by atoms with Gasteiger partial charge in [-0.05, 0) is 24.7 Å². The number of rotatable bonds is 0. The average molecular weight is 235 g/mol. The van der Waals surface area contributed by atoms with Crippen molar-refractivity contribution in [3.63, 3.8) is 0 Å². The minimum absolute atomic E-state index is 0.0106. The van der Waals surface area contributed by atoms with E-state index in [0.717, 1.165) is 24.3 Å². The van der Waals surface area contributed by atoms with E-state index in [4.69, 9.17) is 10.5 Å². The van der Waals surface area contributed by atoms with Gasteiger partial charge in [0, 0.05) is 23.8 Å². The van der Waals surface area contributed by atoms with Gasteiger partial charge < -0.3 is 10.5 Å². The quantitative estimate of drug-likeness (QED) is 0.751. The summed E-state index contributed by atoms with van der Waals surface area (Å²) in [6.07, 6.45) is 3.37. The third-order valence-corrected chi connectivity index (χ3v) is 4.83. The maximum absolute atomic E-state index is 6.26. The van der Waals surface area contributed by atoms with E-state index in [9.17, 15) is 0 Å². The number of thioether (sulfide) groups is 1. The van der Waals surface area contributed by atoms with Crippen LogP contribution in [0.2, 0.25) is 0 Å². The van der Waals surface area contributed by atoms with Gasteiger partial charge in [0.15, 0.2) is 0 Å². The van der Waals surface area contributed by atoms with Crippen molar-refractivity contribution < 1.29 is 4.74 Å². The van der Waals surface area contributed by atoms with E-state index in [1.165, 1.54) is 17.7 Å². The number of fused-ring (bicyclic) bond motifs is 1. The van der Waals surface area contributed by atoms with Crippen molar-refractivity contribution >= 4 is 11.8 Å². The van der Waals surface area contributed by atoms with Crippen LogP contribution in [0.3, 0.4) is 0 Å². The molecule has 2 aliphatic rings. The van der Waals surface area contributed by atoms with Crippen molar-refractivity contribution in [1.82, 2.24) is 0 Å². The van der Waals surface area contributed by atoms with Gasteiger partial charge in [-0.3, -0.25) is 0 Å². The number of hydrogen-bond acceptors (Lipinski definition) is 3. The van der Waals surface area contributed by atoms with E-state index in [1.54, 1.807) is 0 Å². The first-order chi connectivity index (χ1) is 7.79. The highest BCUT2D eigenvalue weighted by atomic mass is 32.2. The molecule has 0 bridgehead atoms. The van der Waals surface area contributed by atoms with Crippen LogP contribution in [0.1, 0.15) is 30.9 Å². The predicted octanol–water partition coefficient (Wildman–Crippen LogP) is 2.73. The van der Waals surface area contributed by atoms with Gasteiger partial charge in [-0.25, -0.2) is 0 Å². The molecule has 1 spiro atoms. The second-order valence-corrected chi connectivity index (χ2v) is 5.89. The van der Waals surface area contributed by atoms with Crippen LogP contribution in [0.15, 0.2) is 24.3 Å². The van der Waals surface area contributed by atoms with Crippen molar-refractivity contribution in [2.45, 2.75) is 30.9 Å². The Hall–Kier alpha value is -0.670. The first-order valence-electron chi connectivity index (χ1n) is 5.90. The first-order valence-corrected chi connectivity index (χ1v) is 7.06. The fourth-order valence-corrected chi connectivity index (χ4v) is 3.92. The Morgan fingerprint density at radius 3 is 3.06 bits per heavy atom. The lowest BCUT2D eigenvalue weighted by molar-refractivity contribution is 0.0472. The van der Waals surface area contributed by atoms with Gasteiger partial charge in [0.05, 0.1) is 0 Å². The van der Waals surface area contributed by atoms with Crippen LogP contribution in [0.25, 0.3) is 0 Å². The zero-order valence-corrected chi connectivity index (χ0v) is 10.1. The van der Waals surface area contributed by atoms with Crippen molar-refractivity contribution in [2.75, 3.05) is 11.5 Å². The summed E-state index contributed by atoms with van der Waals surface area (Å²) in [5.74, 6) is 3.36. The molecule has 3 rings (SSSR count). The summed E-state index contributed by atoms with van der Waals surface area (Å²) in [6.45, 7) is 0. The Balaban J connectivity index is 1.93. The van der Waals surface area contributed by atoms with Crippen LogP contribution in [-0.2, 0) is 0 Å². The molecule has 2 N–H and O–H groups in total. The van der Waals surface area contributed by atoms with Crippen LogP contribution in [-0.4, -0.2) is 17.1 Å². The molecule has 1 aromatic carbocycles. The summed E-state index contributed by atoms with van der Waals surface area (Å²) in [6, 6.07) is 8.35. The molecule has 2 nitrogen and oxygen atoms in total. The molecule has 2 aliphatic heterocycles. The fourth-order valence-electron chi connectivity index (χ4n) is 2.73. The topological polar surface area (TPSA) is 35.2 Å². The zero-order chi connectivity index (χ0) is 11.0. The van der Waals surface area contributed by atoms with Crippen LogP contribution in [0.5, 0.6) is 5.75 Å². The number of hydrogen-bond donors (Lipinski definition) is 1. The molecule has 0 saturated carbocycles. The van der Waals surface area contributed by atoms with E-state index in [2.05, 4.69) is 12.1 Å². The lowest BCUT2D eigenvalue weighted by Gasteiger charge is -2.43. The molecule has 2 atom stereocenters. The Kier molecular flexibility index (Phi) is 2.60. The summed E-state index contributed by atoms with van der Waals surface area (Å²) in [5.41, 5.74) is 7.44. The van der Waals surface area contributed by atoms with Crippen molar-refractivity contribution in [3.8, 4) is 5.75 Å². The number of para-hydroxylation sites is 1. The highest BCUT2D eigenvalue weighted by Gasteiger charge is 2.40. The second-order valence-electron chi connectivity index (χ2n) is 4.79. The standard InChI is InChI=1S/C13H17NOS/c14-11-8-13(6-3-7-16-9-13)15-12-5-2-1-4-10(11)12/h1-2,4-5,11H,3,6-9,14H2/t11-,13?/m0/s1. The zero-order valence-electron chi connectivity index (χ0n) is 9.32. The fraction of sp³-hybridized carbons (Fsp3) is 0.538. The van der Waals surface area contributed by atoms with E-state index in [-0.39, 0.29) is 11.6 Å². The molecule has 16 heavy (non-hydrogen) atoms.